The second-order valence-corrected chi connectivity index (χ2v) is 5.12. The van der Waals surface area contributed by atoms with Crippen molar-refractivity contribution in [1.82, 2.24) is 15.1 Å². The molecule has 1 rings (SSSR count). The van der Waals surface area contributed by atoms with Crippen LogP contribution in [0.25, 0.3) is 0 Å². The summed E-state index contributed by atoms with van der Waals surface area (Å²) in [5.74, 6) is 0.279. The Balaban J connectivity index is 2.90. The number of amides is 1. The molecule has 0 aliphatic heterocycles. The number of carbonyl (C=O) groups excluding carboxylic acids is 1. The molecule has 1 heterocycles. The van der Waals surface area contributed by atoms with Crippen LogP contribution in [0.3, 0.4) is 0 Å². The van der Waals surface area contributed by atoms with Crippen molar-refractivity contribution in [3.63, 3.8) is 0 Å². The summed E-state index contributed by atoms with van der Waals surface area (Å²) in [5.41, 5.74) is 7.65. The lowest BCUT2D eigenvalue weighted by Gasteiger charge is -2.27. The van der Waals surface area contributed by atoms with Crippen molar-refractivity contribution in [1.29, 1.82) is 0 Å². The maximum Gasteiger partial charge on any atom is 0.276 e. The van der Waals surface area contributed by atoms with E-state index in [2.05, 4.69) is 31.0 Å². The molecular formula is C13H24N4O. The highest BCUT2D eigenvalue weighted by Crippen LogP contribution is 2.19. The molecule has 5 nitrogen and oxygen atoms in total. The van der Waals surface area contributed by atoms with Gasteiger partial charge in [-0.3, -0.25) is 9.89 Å². The zero-order chi connectivity index (χ0) is 13.9. The Morgan fingerprint density at radius 3 is 2.56 bits per heavy atom. The zero-order valence-electron chi connectivity index (χ0n) is 11.9. The number of aryl methyl sites for hydroxylation is 1. The van der Waals surface area contributed by atoms with Crippen LogP contribution < -0.4 is 5.73 Å². The van der Waals surface area contributed by atoms with Gasteiger partial charge < -0.3 is 10.6 Å². The Kier molecular flexibility index (Phi) is 4.76. The Morgan fingerprint density at radius 1 is 1.44 bits per heavy atom. The lowest BCUT2D eigenvalue weighted by Crippen LogP contribution is -2.38. The molecule has 102 valence electrons. The highest BCUT2D eigenvalue weighted by molar-refractivity contribution is 5.97. The van der Waals surface area contributed by atoms with Crippen molar-refractivity contribution in [3.8, 4) is 0 Å². The van der Waals surface area contributed by atoms with E-state index in [1.165, 1.54) is 0 Å². The molecule has 1 amide bonds. The van der Waals surface area contributed by atoms with E-state index in [0.717, 1.165) is 18.5 Å². The topological polar surface area (TPSA) is 75.0 Å². The van der Waals surface area contributed by atoms with E-state index in [-0.39, 0.29) is 11.9 Å². The van der Waals surface area contributed by atoms with Gasteiger partial charge >= 0.3 is 0 Å². The summed E-state index contributed by atoms with van der Waals surface area (Å²) in [5, 5.41) is 6.91. The van der Waals surface area contributed by atoms with E-state index < -0.39 is 0 Å². The highest BCUT2D eigenvalue weighted by atomic mass is 16.2. The number of hydrogen-bond donors (Lipinski definition) is 2. The van der Waals surface area contributed by atoms with E-state index in [4.69, 9.17) is 5.73 Å². The minimum Gasteiger partial charge on any atom is -0.395 e. The lowest BCUT2D eigenvalue weighted by atomic mass is 10.0. The van der Waals surface area contributed by atoms with Gasteiger partial charge in [-0.15, -0.1) is 0 Å². The number of nitrogens with zero attached hydrogens (tertiary/aromatic N) is 2. The van der Waals surface area contributed by atoms with Crippen LogP contribution in [0.1, 0.15) is 50.3 Å². The van der Waals surface area contributed by atoms with Crippen molar-refractivity contribution in [2.75, 3.05) is 12.8 Å². The summed E-state index contributed by atoms with van der Waals surface area (Å²) in [6.45, 7) is 8.27. The first kappa shape index (κ1) is 14.5. The maximum absolute atomic E-state index is 12.3. The summed E-state index contributed by atoms with van der Waals surface area (Å²) in [6, 6.07) is 0.156. The SMILES string of the molecule is CCCc1[nH]nc(C(=O)N(C)C(C)C(C)C)c1N. The van der Waals surface area contributed by atoms with Crippen molar-refractivity contribution >= 4 is 11.6 Å². The molecule has 0 aliphatic rings. The monoisotopic (exact) mass is 252 g/mol. The summed E-state index contributed by atoms with van der Waals surface area (Å²) >= 11 is 0. The third-order valence-corrected chi connectivity index (χ3v) is 3.48. The first-order valence-electron chi connectivity index (χ1n) is 6.50. The molecule has 18 heavy (non-hydrogen) atoms. The number of nitrogen functional groups attached to an aromatic ring is 1. The number of H-pyrrole nitrogens is 1. The van der Waals surface area contributed by atoms with Crippen LogP contribution in [0.2, 0.25) is 0 Å². The first-order chi connectivity index (χ1) is 8.40. The van der Waals surface area contributed by atoms with Crippen molar-refractivity contribution < 1.29 is 4.79 Å². The fourth-order valence-corrected chi connectivity index (χ4v) is 1.79. The number of aromatic nitrogens is 2. The van der Waals surface area contributed by atoms with Gasteiger partial charge in [-0.1, -0.05) is 27.2 Å². The number of hydrogen-bond acceptors (Lipinski definition) is 3. The number of nitrogens with two attached hydrogens (primary N) is 1. The molecule has 1 aromatic rings. The van der Waals surface area contributed by atoms with Gasteiger partial charge in [0.2, 0.25) is 0 Å². The van der Waals surface area contributed by atoms with E-state index in [9.17, 15) is 4.79 Å². The van der Waals surface area contributed by atoms with Gasteiger partial charge in [-0.25, -0.2) is 0 Å². The third-order valence-electron chi connectivity index (χ3n) is 3.48. The minimum absolute atomic E-state index is 0.118. The van der Waals surface area contributed by atoms with Gasteiger partial charge in [0.25, 0.3) is 5.91 Å². The average molecular weight is 252 g/mol. The molecule has 0 spiro atoms. The summed E-state index contributed by atoms with van der Waals surface area (Å²) in [6.07, 6.45) is 1.79. The van der Waals surface area contributed by atoms with Crippen LogP contribution in [0.4, 0.5) is 5.69 Å². The van der Waals surface area contributed by atoms with Gasteiger partial charge in [0, 0.05) is 13.1 Å². The first-order valence-corrected chi connectivity index (χ1v) is 6.50. The number of aromatic amines is 1. The molecule has 1 unspecified atom stereocenters. The molecule has 0 aliphatic carbocycles. The molecule has 1 atom stereocenters. The van der Waals surface area contributed by atoms with E-state index >= 15 is 0 Å². The standard InChI is InChI=1S/C13H24N4O/c1-6-7-10-11(14)12(16-15-10)13(18)17(5)9(4)8(2)3/h8-9H,6-7,14H2,1-5H3,(H,15,16). The Bertz CT molecular complexity index is 411. The molecule has 0 radical (unpaired) electrons. The summed E-state index contributed by atoms with van der Waals surface area (Å²) in [7, 11) is 1.79. The largest absolute Gasteiger partial charge is 0.395 e. The molecule has 0 saturated heterocycles. The second kappa shape index (κ2) is 5.89. The van der Waals surface area contributed by atoms with Gasteiger partial charge in [0.05, 0.1) is 11.4 Å². The second-order valence-electron chi connectivity index (χ2n) is 5.12. The minimum atomic E-state index is -0.118. The van der Waals surface area contributed by atoms with Crippen molar-refractivity contribution in [2.24, 2.45) is 5.92 Å². The molecule has 0 aromatic carbocycles. The zero-order valence-corrected chi connectivity index (χ0v) is 11.9. The lowest BCUT2D eigenvalue weighted by molar-refractivity contribution is 0.0702. The Morgan fingerprint density at radius 2 is 2.06 bits per heavy atom. The predicted octanol–water partition coefficient (Wildman–Crippen LogP) is 2.06. The predicted molar refractivity (Wildman–Crippen MR) is 73.4 cm³/mol. The van der Waals surface area contributed by atoms with Crippen LogP contribution >= 0.6 is 0 Å². The Hall–Kier alpha value is -1.52. The van der Waals surface area contributed by atoms with Crippen molar-refractivity contribution in [2.45, 2.75) is 46.6 Å². The van der Waals surface area contributed by atoms with Crippen molar-refractivity contribution in [3.05, 3.63) is 11.4 Å². The number of anilines is 1. The Labute approximate surface area is 109 Å². The molecule has 0 fully saturated rings. The van der Waals surface area contributed by atoms with Gasteiger partial charge in [0.1, 0.15) is 0 Å². The van der Waals surface area contributed by atoms with Crippen LogP contribution in [-0.2, 0) is 6.42 Å². The molecular weight excluding hydrogens is 228 g/mol. The van der Waals surface area contributed by atoms with E-state index in [0.29, 0.717) is 17.3 Å². The number of rotatable bonds is 5. The summed E-state index contributed by atoms with van der Waals surface area (Å²) < 4.78 is 0. The van der Waals surface area contributed by atoms with Gasteiger partial charge in [-0.2, -0.15) is 5.10 Å². The molecule has 5 heteroatoms. The van der Waals surface area contributed by atoms with Gasteiger partial charge in [-0.05, 0) is 19.3 Å². The number of carbonyl (C=O) groups is 1. The number of nitrogens with one attached hydrogen (secondary N) is 1. The van der Waals surface area contributed by atoms with Crippen LogP contribution in [0.5, 0.6) is 0 Å². The molecule has 0 saturated carbocycles. The summed E-state index contributed by atoms with van der Waals surface area (Å²) in [4.78, 5) is 14.0. The van der Waals surface area contributed by atoms with Gasteiger partial charge in [0.15, 0.2) is 5.69 Å². The van der Waals surface area contributed by atoms with E-state index in [1.807, 2.05) is 6.92 Å². The van der Waals surface area contributed by atoms with Crippen LogP contribution in [0.15, 0.2) is 0 Å². The smallest absolute Gasteiger partial charge is 0.276 e. The average Bonchev–Trinajstić information content (AvgIpc) is 2.69. The van der Waals surface area contributed by atoms with Crippen LogP contribution in [-0.4, -0.2) is 34.1 Å². The third kappa shape index (κ3) is 2.83. The van der Waals surface area contributed by atoms with Crippen LogP contribution in [0, 0.1) is 5.92 Å². The quantitative estimate of drug-likeness (QED) is 0.842. The normalized spacial score (nSPS) is 12.8. The molecule has 3 N–H and O–H groups in total. The molecule has 0 bridgehead atoms. The fraction of sp³-hybridized carbons (Fsp3) is 0.692. The molecule has 1 aromatic heterocycles. The maximum atomic E-state index is 12.3. The fourth-order valence-electron chi connectivity index (χ4n) is 1.79. The highest BCUT2D eigenvalue weighted by Gasteiger charge is 2.24. The van der Waals surface area contributed by atoms with E-state index in [1.54, 1.807) is 11.9 Å².